The lowest BCUT2D eigenvalue weighted by molar-refractivity contribution is -0.141. The minimum absolute atomic E-state index is 0.151. The predicted molar refractivity (Wildman–Crippen MR) is 64.2 cm³/mol. The average molecular weight is 239 g/mol. The van der Waals surface area contributed by atoms with Crippen LogP contribution in [-0.2, 0) is 9.53 Å². The van der Waals surface area contributed by atoms with Crippen LogP contribution in [0.3, 0.4) is 0 Å². The van der Waals surface area contributed by atoms with Crippen LogP contribution in [0.25, 0.3) is 0 Å². The monoisotopic (exact) mass is 239 g/mol. The fourth-order valence-corrected chi connectivity index (χ4v) is 1.77. The molecule has 0 heterocycles. The van der Waals surface area contributed by atoms with Gasteiger partial charge >= 0.3 is 5.97 Å². The largest absolute Gasteiger partial charge is 0.469 e. The third-order valence-electron chi connectivity index (χ3n) is 2.86. The van der Waals surface area contributed by atoms with E-state index in [1.54, 1.807) is 19.1 Å². The van der Waals surface area contributed by atoms with Crippen molar-refractivity contribution in [2.75, 3.05) is 7.11 Å². The fraction of sp³-hybridized carbons (Fsp3) is 0.462. The highest BCUT2D eigenvalue weighted by molar-refractivity contribution is 5.70. The molecule has 0 amide bonds. The zero-order valence-corrected chi connectivity index (χ0v) is 10.4. The van der Waals surface area contributed by atoms with Crippen LogP contribution in [-0.4, -0.2) is 19.1 Å². The fourth-order valence-electron chi connectivity index (χ4n) is 1.77. The number of esters is 1. The van der Waals surface area contributed by atoms with E-state index in [2.05, 4.69) is 4.74 Å². The van der Waals surface area contributed by atoms with Crippen molar-refractivity contribution in [1.82, 2.24) is 0 Å². The van der Waals surface area contributed by atoms with Gasteiger partial charge in [0.15, 0.2) is 0 Å². The van der Waals surface area contributed by atoms with E-state index in [4.69, 9.17) is 5.73 Å². The van der Waals surface area contributed by atoms with Crippen LogP contribution in [0.2, 0.25) is 0 Å². The lowest BCUT2D eigenvalue weighted by atomic mass is 9.89. The van der Waals surface area contributed by atoms with E-state index in [0.717, 1.165) is 5.56 Å². The van der Waals surface area contributed by atoms with Crippen LogP contribution < -0.4 is 5.73 Å². The second-order valence-corrected chi connectivity index (χ2v) is 4.25. The molecule has 1 rings (SSSR count). The van der Waals surface area contributed by atoms with Crippen LogP contribution in [0.15, 0.2) is 18.2 Å². The standard InChI is InChI=1S/C13H18FNO2/c1-8-6-10(4-5-12(8)14)11(9(2)15)7-13(16)17-3/h4-6,9,11H,7,15H2,1-3H3. The van der Waals surface area contributed by atoms with Crippen molar-refractivity contribution in [3.63, 3.8) is 0 Å². The Balaban J connectivity index is 2.97. The van der Waals surface area contributed by atoms with Crippen molar-refractivity contribution in [1.29, 1.82) is 0 Å². The van der Waals surface area contributed by atoms with Gasteiger partial charge in [-0.25, -0.2) is 4.39 Å². The molecule has 0 radical (unpaired) electrons. The first-order valence-corrected chi connectivity index (χ1v) is 5.54. The summed E-state index contributed by atoms with van der Waals surface area (Å²) in [6.07, 6.45) is 0.208. The summed E-state index contributed by atoms with van der Waals surface area (Å²) >= 11 is 0. The molecule has 3 nitrogen and oxygen atoms in total. The Hall–Kier alpha value is -1.42. The molecule has 0 aromatic heterocycles. The molecule has 0 aliphatic heterocycles. The number of carbonyl (C=O) groups excluding carboxylic acids is 1. The zero-order valence-electron chi connectivity index (χ0n) is 10.4. The summed E-state index contributed by atoms with van der Waals surface area (Å²) in [6, 6.07) is 4.60. The van der Waals surface area contributed by atoms with E-state index in [-0.39, 0.29) is 30.2 Å². The van der Waals surface area contributed by atoms with Crippen molar-refractivity contribution >= 4 is 5.97 Å². The molecule has 2 unspecified atom stereocenters. The van der Waals surface area contributed by atoms with Gasteiger partial charge in [0.2, 0.25) is 0 Å². The molecule has 0 aliphatic rings. The second kappa shape index (κ2) is 5.77. The number of nitrogens with two attached hydrogens (primary N) is 1. The Kier molecular flexibility index (Phi) is 4.63. The molecule has 0 aliphatic carbocycles. The van der Waals surface area contributed by atoms with Crippen molar-refractivity contribution in [3.8, 4) is 0 Å². The maximum absolute atomic E-state index is 13.2. The molecular weight excluding hydrogens is 221 g/mol. The van der Waals surface area contributed by atoms with Gasteiger partial charge in [0, 0.05) is 12.0 Å². The summed E-state index contributed by atoms with van der Waals surface area (Å²) in [6.45, 7) is 3.52. The SMILES string of the molecule is COC(=O)CC(c1ccc(F)c(C)c1)C(C)N. The van der Waals surface area contributed by atoms with Crippen molar-refractivity contribution in [3.05, 3.63) is 35.1 Å². The van der Waals surface area contributed by atoms with Gasteiger partial charge in [-0.2, -0.15) is 0 Å². The van der Waals surface area contributed by atoms with Gasteiger partial charge in [-0.05, 0) is 31.0 Å². The quantitative estimate of drug-likeness (QED) is 0.819. The third-order valence-corrected chi connectivity index (χ3v) is 2.86. The van der Waals surface area contributed by atoms with Crippen molar-refractivity contribution < 1.29 is 13.9 Å². The Morgan fingerprint density at radius 3 is 2.65 bits per heavy atom. The number of halogens is 1. The molecule has 1 aromatic rings. The van der Waals surface area contributed by atoms with Crippen LogP contribution in [0.5, 0.6) is 0 Å². The van der Waals surface area contributed by atoms with Crippen LogP contribution in [0, 0.1) is 12.7 Å². The van der Waals surface area contributed by atoms with Gasteiger partial charge in [-0.15, -0.1) is 0 Å². The van der Waals surface area contributed by atoms with Crippen molar-refractivity contribution in [2.45, 2.75) is 32.2 Å². The third kappa shape index (κ3) is 3.53. The highest BCUT2D eigenvalue weighted by Crippen LogP contribution is 2.24. The van der Waals surface area contributed by atoms with E-state index in [1.165, 1.54) is 13.2 Å². The van der Waals surface area contributed by atoms with Gasteiger partial charge in [0.1, 0.15) is 5.82 Å². The summed E-state index contributed by atoms with van der Waals surface area (Å²) in [4.78, 5) is 11.3. The number of ether oxygens (including phenoxy) is 1. The summed E-state index contributed by atoms with van der Waals surface area (Å²) < 4.78 is 17.8. The predicted octanol–water partition coefficient (Wildman–Crippen LogP) is 2.13. The summed E-state index contributed by atoms with van der Waals surface area (Å²) in [5.41, 5.74) is 7.28. The van der Waals surface area contributed by atoms with E-state index in [1.807, 2.05) is 6.92 Å². The first-order chi connectivity index (χ1) is 7.95. The normalized spacial score (nSPS) is 14.2. The maximum Gasteiger partial charge on any atom is 0.306 e. The molecule has 2 N–H and O–H groups in total. The number of methoxy groups -OCH3 is 1. The summed E-state index contributed by atoms with van der Waals surface area (Å²) in [5, 5.41) is 0. The first kappa shape index (κ1) is 13.6. The maximum atomic E-state index is 13.2. The molecule has 4 heteroatoms. The molecule has 17 heavy (non-hydrogen) atoms. The Morgan fingerprint density at radius 1 is 1.53 bits per heavy atom. The molecule has 0 fully saturated rings. The van der Waals surface area contributed by atoms with Crippen LogP contribution in [0.4, 0.5) is 4.39 Å². The lowest BCUT2D eigenvalue weighted by Crippen LogP contribution is -2.27. The molecule has 1 aromatic carbocycles. The molecule has 0 saturated carbocycles. The van der Waals surface area contributed by atoms with Gasteiger partial charge in [0.05, 0.1) is 13.5 Å². The van der Waals surface area contributed by atoms with E-state index in [9.17, 15) is 9.18 Å². The van der Waals surface area contributed by atoms with Crippen LogP contribution in [0.1, 0.15) is 30.4 Å². The molecular formula is C13H18FNO2. The van der Waals surface area contributed by atoms with E-state index < -0.39 is 0 Å². The molecule has 2 atom stereocenters. The van der Waals surface area contributed by atoms with Gasteiger partial charge in [-0.3, -0.25) is 4.79 Å². The number of benzene rings is 1. The zero-order chi connectivity index (χ0) is 13.0. The smallest absolute Gasteiger partial charge is 0.306 e. The number of rotatable bonds is 4. The van der Waals surface area contributed by atoms with Gasteiger partial charge in [0.25, 0.3) is 0 Å². The minimum Gasteiger partial charge on any atom is -0.469 e. The number of carbonyl (C=O) groups is 1. The van der Waals surface area contributed by atoms with Gasteiger partial charge in [-0.1, -0.05) is 12.1 Å². The lowest BCUT2D eigenvalue weighted by Gasteiger charge is -2.20. The molecule has 0 saturated heterocycles. The number of hydrogen-bond donors (Lipinski definition) is 1. The van der Waals surface area contributed by atoms with E-state index >= 15 is 0 Å². The van der Waals surface area contributed by atoms with Crippen molar-refractivity contribution in [2.24, 2.45) is 5.73 Å². The molecule has 0 spiro atoms. The number of hydrogen-bond acceptors (Lipinski definition) is 3. The molecule has 94 valence electrons. The summed E-state index contributed by atoms with van der Waals surface area (Å²) in [5.74, 6) is -0.716. The molecule has 0 bridgehead atoms. The average Bonchev–Trinajstić information content (AvgIpc) is 2.29. The van der Waals surface area contributed by atoms with Crippen LogP contribution >= 0.6 is 0 Å². The van der Waals surface area contributed by atoms with E-state index in [0.29, 0.717) is 5.56 Å². The Morgan fingerprint density at radius 2 is 2.18 bits per heavy atom. The van der Waals surface area contributed by atoms with Gasteiger partial charge < -0.3 is 10.5 Å². The second-order valence-electron chi connectivity index (χ2n) is 4.25. The Bertz CT molecular complexity index is 404. The highest BCUT2D eigenvalue weighted by Gasteiger charge is 2.21. The minimum atomic E-state index is -0.311. The first-order valence-electron chi connectivity index (χ1n) is 5.54. The number of aryl methyl sites for hydroxylation is 1. The topological polar surface area (TPSA) is 52.3 Å². The summed E-state index contributed by atoms with van der Waals surface area (Å²) in [7, 11) is 1.34. The highest BCUT2D eigenvalue weighted by atomic mass is 19.1. The Labute approximate surface area is 101 Å².